The highest BCUT2D eigenvalue weighted by Crippen LogP contribution is 2.10. The standard InChI is InChI=1S/C19H24FN3O3/c1-5-6-16(10-12-18(24)23(3)4)22-19(25)17-11-9-15(20)8-7-14(2)13-21-26-17/h5-10,12-13,17,21H,1,11H2,2-4H3,(H,22,25)/b8-7-,12-10+,14-13+,15-9-,16-6+. The van der Waals surface area contributed by atoms with E-state index >= 15 is 0 Å². The molecule has 7 heteroatoms. The lowest BCUT2D eigenvalue weighted by Crippen LogP contribution is -2.38. The van der Waals surface area contributed by atoms with Crippen LogP contribution in [-0.2, 0) is 14.4 Å². The highest BCUT2D eigenvalue weighted by Gasteiger charge is 2.19. The van der Waals surface area contributed by atoms with E-state index < -0.39 is 17.8 Å². The number of rotatable bonds is 5. The van der Waals surface area contributed by atoms with Crippen LogP contribution in [0.2, 0.25) is 0 Å². The largest absolute Gasteiger partial charge is 0.345 e. The van der Waals surface area contributed by atoms with Crippen LogP contribution in [0.5, 0.6) is 0 Å². The van der Waals surface area contributed by atoms with E-state index in [2.05, 4.69) is 17.4 Å². The summed E-state index contributed by atoms with van der Waals surface area (Å²) >= 11 is 0. The van der Waals surface area contributed by atoms with Gasteiger partial charge in [-0.3, -0.25) is 19.9 Å². The summed E-state index contributed by atoms with van der Waals surface area (Å²) < 4.78 is 13.7. The number of halogens is 1. The number of allylic oxidation sites excluding steroid dienone is 7. The van der Waals surface area contributed by atoms with Crippen LogP contribution in [-0.4, -0.2) is 36.9 Å². The topological polar surface area (TPSA) is 70.7 Å². The van der Waals surface area contributed by atoms with Gasteiger partial charge in [0.05, 0.1) is 0 Å². The van der Waals surface area contributed by atoms with Gasteiger partial charge in [-0.2, -0.15) is 0 Å². The predicted molar refractivity (Wildman–Crippen MR) is 99.0 cm³/mol. The van der Waals surface area contributed by atoms with Crippen molar-refractivity contribution in [3.8, 4) is 0 Å². The first-order valence-electron chi connectivity index (χ1n) is 7.98. The van der Waals surface area contributed by atoms with E-state index in [9.17, 15) is 14.0 Å². The molecule has 0 radical (unpaired) electrons. The van der Waals surface area contributed by atoms with Crippen molar-refractivity contribution in [3.05, 3.63) is 72.4 Å². The number of amides is 2. The van der Waals surface area contributed by atoms with E-state index in [4.69, 9.17) is 4.84 Å². The zero-order chi connectivity index (χ0) is 19.5. The van der Waals surface area contributed by atoms with Gasteiger partial charge in [-0.15, -0.1) is 0 Å². The Morgan fingerprint density at radius 3 is 2.77 bits per heavy atom. The van der Waals surface area contributed by atoms with Gasteiger partial charge in [0.2, 0.25) is 5.91 Å². The molecule has 0 saturated carbocycles. The normalized spacial score (nSPS) is 23.7. The molecule has 1 rings (SSSR count). The molecule has 0 spiro atoms. The maximum Gasteiger partial charge on any atom is 0.256 e. The molecule has 1 unspecified atom stereocenters. The molecule has 140 valence electrons. The van der Waals surface area contributed by atoms with Crippen LogP contribution >= 0.6 is 0 Å². The second-order valence-electron chi connectivity index (χ2n) is 5.68. The number of likely N-dealkylation sites (N-methyl/N-ethyl adjacent to an activating group) is 1. The van der Waals surface area contributed by atoms with Crippen molar-refractivity contribution in [2.75, 3.05) is 14.1 Å². The summed E-state index contributed by atoms with van der Waals surface area (Å²) in [4.78, 5) is 30.8. The van der Waals surface area contributed by atoms with Gasteiger partial charge in [-0.05, 0) is 36.8 Å². The van der Waals surface area contributed by atoms with Crippen molar-refractivity contribution >= 4 is 11.8 Å². The molecule has 0 aromatic heterocycles. The Bertz CT molecular complexity index is 688. The highest BCUT2D eigenvalue weighted by molar-refractivity contribution is 5.88. The second-order valence-corrected chi connectivity index (χ2v) is 5.68. The summed E-state index contributed by atoms with van der Waals surface area (Å²) in [6, 6.07) is 0. The van der Waals surface area contributed by atoms with Crippen LogP contribution in [0.25, 0.3) is 0 Å². The maximum absolute atomic E-state index is 13.7. The fraction of sp³-hybridized carbons (Fsp3) is 0.263. The van der Waals surface area contributed by atoms with Crippen LogP contribution < -0.4 is 10.8 Å². The van der Waals surface area contributed by atoms with E-state index in [-0.39, 0.29) is 12.3 Å². The molecule has 0 saturated heterocycles. The molecule has 0 aromatic carbocycles. The summed E-state index contributed by atoms with van der Waals surface area (Å²) in [7, 11) is 3.24. The maximum atomic E-state index is 13.7. The third kappa shape index (κ3) is 7.76. The minimum absolute atomic E-state index is 0.0314. The number of carbonyl (C=O) groups excluding carboxylic acids is 2. The Hall–Kier alpha value is -2.93. The summed E-state index contributed by atoms with van der Waals surface area (Å²) in [6.07, 6.45) is 10.5. The molecule has 1 aliphatic rings. The van der Waals surface area contributed by atoms with E-state index in [1.807, 2.05) is 0 Å². The van der Waals surface area contributed by atoms with Gasteiger partial charge in [0.1, 0.15) is 5.83 Å². The fourth-order valence-corrected chi connectivity index (χ4v) is 1.76. The smallest absolute Gasteiger partial charge is 0.256 e. The Morgan fingerprint density at radius 1 is 1.38 bits per heavy atom. The third-order valence-corrected chi connectivity index (χ3v) is 3.23. The van der Waals surface area contributed by atoms with Crippen LogP contribution in [0.3, 0.4) is 0 Å². The molecular formula is C19H24FN3O3. The molecular weight excluding hydrogens is 337 g/mol. The molecule has 6 nitrogen and oxygen atoms in total. The monoisotopic (exact) mass is 361 g/mol. The van der Waals surface area contributed by atoms with Gasteiger partial charge in [0, 0.05) is 38.5 Å². The molecule has 2 N–H and O–H groups in total. The van der Waals surface area contributed by atoms with Gasteiger partial charge in [0.25, 0.3) is 5.91 Å². The minimum atomic E-state index is -0.970. The fourth-order valence-electron chi connectivity index (χ4n) is 1.76. The van der Waals surface area contributed by atoms with Gasteiger partial charge in [0.15, 0.2) is 6.10 Å². The van der Waals surface area contributed by atoms with E-state index in [1.165, 1.54) is 47.6 Å². The zero-order valence-corrected chi connectivity index (χ0v) is 15.2. The number of hydroxylamine groups is 1. The van der Waals surface area contributed by atoms with Gasteiger partial charge < -0.3 is 10.2 Å². The first-order valence-corrected chi connectivity index (χ1v) is 7.98. The summed E-state index contributed by atoms with van der Waals surface area (Å²) in [5.41, 5.74) is 3.66. The molecule has 1 heterocycles. The highest BCUT2D eigenvalue weighted by atomic mass is 19.1. The molecule has 0 aromatic rings. The molecule has 1 aliphatic heterocycles. The lowest BCUT2D eigenvalue weighted by atomic mass is 10.2. The number of hydrogen-bond donors (Lipinski definition) is 2. The van der Waals surface area contributed by atoms with Crippen molar-refractivity contribution in [2.45, 2.75) is 19.4 Å². The average Bonchev–Trinajstić information content (AvgIpc) is 2.60. The quantitative estimate of drug-likeness (QED) is 0.583. The van der Waals surface area contributed by atoms with E-state index in [0.29, 0.717) is 5.70 Å². The summed E-state index contributed by atoms with van der Waals surface area (Å²) in [5.74, 6) is -1.19. The van der Waals surface area contributed by atoms with Crippen LogP contribution in [0.4, 0.5) is 4.39 Å². The SMILES string of the molecule is C=C/C=C(\C=C\C(=O)N(C)C)NC(=O)C1C/C=C(F)/C=C\C(C)=C\NO1. The van der Waals surface area contributed by atoms with Crippen molar-refractivity contribution in [1.29, 1.82) is 0 Å². The van der Waals surface area contributed by atoms with Crippen molar-refractivity contribution < 1.29 is 18.8 Å². The third-order valence-electron chi connectivity index (χ3n) is 3.23. The average molecular weight is 361 g/mol. The lowest BCUT2D eigenvalue weighted by molar-refractivity contribution is -0.135. The first-order chi connectivity index (χ1) is 12.3. The van der Waals surface area contributed by atoms with Gasteiger partial charge >= 0.3 is 0 Å². The molecule has 0 fully saturated rings. The second kappa shape index (κ2) is 10.8. The predicted octanol–water partition coefficient (Wildman–Crippen LogP) is 2.42. The van der Waals surface area contributed by atoms with Crippen LogP contribution in [0.1, 0.15) is 13.3 Å². The number of nitrogens with one attached hydrogen (secondary N) is 2. The minimum Gasteiger partial charge on any atom is -0.345 e. The van der Waals surface area contributed by atoms with Crippen LogP contribution in [0.15, 0.2) is 72.4 Å². The zero-order valence-electron chi connectivity index (χ0n) is 15.2. The van der Waals surface area contributed by atoms with Crippen LogP contribution in [0, 0.1) is 0 Å². The molecule has 2 amide bonds. The molecule has 0 aliphatic carbocycles. The summed E-state index contributed by atoms with van der Waals surface area (Å²) in [6.45, 7) is 5.33. The number of carbonyl (C=O) groups is 2. The van der Waals surface area contributed by atoms with Crippen molar-refractivity contribution in [1.82, 2.24) is 15.7 Å². The molecule has 1 atom stereocenters. The lowest BCUT2D eigenvalue weighted by Gasteiger charge is -2.17. The molecule has 26 heavy (non-hydrogen) atoms. The Morgan fingerprint density at radius 2 is 2.12 bits per heavy atom. The summed E-state index contributed by atoms with van der Waals surface area (Å²) in [5, 5.41) is 2.63. The Kier molecular flexibility index (Phi) is 8.80. The number of nitrogens with zero attached hydrogens (tertiary/aromatic N) is 1. The first kappa shape index (κ1) is 21.1. The molecule has 0 bridgehead atoms. The number of hydrogen-bond acceptors (Lipinski definition) is 4. The van der Waals surface area contributed by atoms with Crippen molar-refractivity contribution in [3.63, 3.8) is 0 Å². The van der Waals surface area contributed by atoms with E-state index in [0.717, 1.165) is 5.57 Å². The Labute approximate surface area is 153 Å². The van der Waals surface area contributed by atoms with Gasteiger partial charge in [-0.25, -0.2) is 4.39 Å². The Balaban J connectivity index is 2.87. The van der Waals surface area contributed by atoms with Crippen molar-refractivity contribution in [2.24, 2.45) is 0 Å². The van der Waals surface area contributed by atoms with E-state index in [1.54, 1.807) is 27.1 Å². The van der Waals surface area contributed by atoms with Gasteiger partial charge in [-0.1, -0.05) is 18.7 Å².